The monoisotopic (exact) mass is 476 g/mol. The molecule has 0 spiro atoms. The van der Waals surface area contributed by atoms with Gasteiger partial charge in [-0.2, -0.15) is 0 Å². The largest absolute Gasteiger partial charge is 0.352 e. The number of amides is 2. The number of carbonyl (C=O) groups excluding carboxylic acids is 2. The minimum Gasteiger partial charge on any atom is -0.352 e. The van der Waals surface area contributed by atoms with Crippen LogP contribution in [0.1, 0.15) is 94.9 Å². The van der Waals surface area contributed by atoms with Gasteiger partial charge in [0.1, 0.15) is 6.04 Å². The molecule has 1 atom stereocenters. The highest BCUT2D eigenvalue weighted by atomic mass is 16.2. The first kappa shape index (κ1) is 27.0. The summed E-state index contributed by atoms with van der Waals surface area (Å²) in [5, 5.41) is 3.26. The van der Waals surface area contributed by atoms with Crippen LogP contribution in [-0.4, -0.2) is 28.8 Å². The van der Waals surface area contributed by atoms with Gasteiger partial charge >= 0.3 is 0 Å². The topological polar surface area (TPSA) is 49.4 Å². The lowest BCUT2D eigenvalue weighted by Crippen LogP contribution is -2.51. The molecular weight excluding hydrogens is 432 g/mol. The van der Waals surface area contributed by atoms with Gasteiger partial charge in [0.05, 0.1) is 0 Å². The van der Waals surface area contributed by atoms with E-state index < -0.39 is 6.04 Å². The lowest BCUT2D eigenvalue weighted by atomic mass is 9.86. The van der Waals surface area contributed by atoms with Crippen LogP contribution in [0.25, 0.3) is 0 Å². The molecule has 35 heavy (non-hydrogen) atoms. The number of nitrogens with zero attached hydrogens (tertiary/aromatic N) is 1. The van der Waals surface area contributed by atoms with Crippen LogP contribution in [0.3, 0.4) is 0 Å². The zero-order chi connectivity index (χ0) is 25.4. The smallest absolute Gasteiger partial charge is 0.243 e. The molecule has 0 aliphatic heterocycles. The number of benzene rings is 2. The molecule has 0 saturated heterocycles. The van der Waals surface area contributed by atoms with Crippen LogP contribution in [0, 0.1) is 6.92 Å². The average Bonchev–Trinajstić information content (AvgIpc) is 2.83. The van der Waals surface area contributed by atoms with Crippen LogP contribution >= 0.6 is 0 Å². The van der Waals surface area contributed by atoms with Crippen LogP contribution in [0.2, 0.25) is 0 Å². The van der Waals surface area contributed by atoms with Crippen LogP contribution in [0.4, 0.5) is 0 Å². The molecule has 1 fully saturated rings. The molecule has 4 nitrogen and oxygen atoms in total. The minimum absolute atomic E-state index is 0.00469. The van der Waals surface area contributed by atoms with Crippen molar-refractivity contribution < 1.29 is 9.59 Å². The van der Waals surface area contributed by atoms with Gasteiger partial charge in [0.2, 0.25) is 11.8 Å². The van der Waals surface area contributed by atoms with Gasteiger partial charge in [-0.3, -0.25) is 9.59 Å². The van der Waals surface area contributed by atoms with Gasteiger partial charge in [-0.15, -0.1) is 0 Å². The Labute approximate surface area is 212 Å². The van der Waals surface area contributed by atoms with Crippen LogP contribution in [0.15, 0.2) is 48.5 Å². The van der Waals surface area contributed by atoms with E-state index >= 15 is 0 Å². The maximum absolute atomic E-state index is 13.6. The lowest BCUT2D eigenvalue weighted by Gasteiger charge is -2.33. The molecule has 1 aliphatic carbocycles. The van der Waals surface area contributed by atoms with Crippen molar-refractivity contribution in [3.63, 3.8) is 0 Å². The summed E-state index contributed by atoms with van der Waals surface area (Å²) in [7, 11) is 0. The van der Waals surface area contributed by atoms with Gasteiger partial charge < -0.3 is 10.2 Å². The Bertz CT molecular complexity index is 968. The Morgan fingerprint density at radius 1 is 1.00 bits per heavy atom. The van der Waals surface area contributed by atoms with E-state index in [-0.39, 0.29) is 23.3 Å². The standard InChI is InChI=1S/C31H44N2O2/c1-6-28(30(35)32-27-13-8-7-9-14-27)33(22-25-12-10-11-23(2)21-25)29(34)20-17-24-15-18-26(19-16-24)31(3,4)5/h10-12,15-16,18-19,21,27-28H,6-9,13-14,17,20,22H2,1-5H3,(H,32,35). The number of carbonyl (C=O) groups is 2. The van der Waals surface area contributed by atoms with E-state index in [1.807, 2.05) is 24.0 Å². The second-order valence-corrected chi connectivity index (χ2v) is 11.2. The third kappa shape index (κ3) is 7.95. The van der Waals surface area contributed by atoms with Crippen molar-refractivity contribution in [2.24, 2.45) is 0 Å². The summed E-state index contributed by atoms with van der Waals surface area (Å²) in [5.41, 5.74) is 4.78. The summed E-state index contributed by atoms with van der Waals surface area (Å²) in [4.78, 5) is 28.7. The third-order valence-corrected chi connectivity index (χ3v) is 7.22. The van der Waals surface area contributed by atoms with E-state index in [1.165, 1.54) is 24.8 Å². The van der Waals surface area contributed by atoms with E-state index in [4.69, 9.17) is 0 Å². The maximum atomic E-state index is 13.6. The predicted octanol–water partition coefficient (Wildman–Crippen LogP) is 6.48. The van der Waals surface area contributed by atoms with Crippen LogP contribution in [-0.2, 0) is 28.0 Å². The Morgan fingerprint density at radius 3 is 2.29 bits per heavy atom. The number of nitrogens with one attached hydrogen (secondary N) is 1. The number of rotatable bonds is 9. The molecular formula is C31H44N2O2. The molecule has 3 rings (SSSR count). The summed E-state index contributed by atoms with van der Waals surface area (Å²) in [6.07, 6.45) is 7.34. The molecule has 190 valence electrons. The van der Waals surface area contributed by atoms with E-state index in [1.54, 1.807) is 0 Å². The zero-order valence-corrected chi connectivity index (χ0v) is 22.4. The SMILES string of the molecule is CCC(C(=O)NC1CCCCC1)N(Cc1cccc(C)c1)C(=O)CCc1ccc(C(C)(C)C)cc1. The average molecular weight is 477 g/mol. The summed E-state index contributed by atoms with van der Waals surface area (Å²) in [6.45, 7) is 11.1. The van der Waals surface area contributed by atoms with Crippen molar-refractivity contribution in [2.75, 3.05) is 0 Å². The first-order valence-corrected chi connectivity index (χ1v) is 13.4. The van der Waals surface area contributed by atoms with Gasteiger partial charge in [-0.25, -0.2) is 0 Å². The second kappa shape index (κ2) is 12.4. The lowest BCUT2D eigenvalue weighted by molar-refractivity contribution is -0.141. The minimum atomic E-state index is -0.451. The molecule has 1 saturated carbocycles. The number of hydrogen-bond donors (Lipinski definition) is 1. The van der Waals surface area contributed by atoms with Crippen molar-refractivity contribution in [2.45, 2.75) is 110 Å². The number of aryl methyl sites for hydroxylation is 2. The first-order chi connectivity index (χ1) is 16.7. The molecule has 0 radical (unpaired) electrons. The van der Waals surface area contributed by atoms with Gasteiger partial charge in [0.25, 0.3) is 0 Å². The van der Waals surface area contributed by atoms with Crippen LogP contribution < -0.4 is 5.32 Å². The summed E-state index contributed by atoms with van der Waals surface area (Å²) < 4.78 is 0. The summed E-state index contributed by atoms with van der Waals surface area (Å²) >= 11 is 0. The van der Waals surface area contributed by atoms with Crippen molar-refractivity contribution in [3.05, 3.63) is 70.8 Å². The maximum Gasteiger partial charge on any atom is 0.243 e. The molecule has 0 aromatic heterocycles. The first-order valence-electron chi connectivity index (χ1n) is 13.4. The van der Waals surface area contributed by atoms with Gasteiger partial charge in [0, 0.05) is 19.0 Å². The molecule has 4 heteroatoms. The normalized spacial score (nSPS) is 15.5. The van der Waals surface area contributed by atoms with Gasteiger partial charge in [-0.1, -0.05) is 101 Å². The Kier molecular flexibility index (Phi) is 9.54. The Balaban J connectivity index is 1.74. The summed E-state index contributed by atoms with van der Waals surface area (Å²) in [5.74, 6) is 0.0342. The highest BCUT2D eigenvalue weighted by molar-refractivity contribution is 5.88. The van der Waals surface area contributed by atoms with Crippen LogP contribution in [0.5, 0.6) is 0 Å². The zero-order valence-electron chi connectivity index (χ0n) is 22.4. The molecule has 2 aromatic carbocycles. The van der Waals surface area contributed by atoms with Gasteiger partial charge in [-0.05, 0) is 54.7 Å². The third-order valence-electron chi connectivity index (χ3n) is 7.22. The summed E-state index contributed by atoms with van der Waals surface area (Å²) in [6, 6.07) is 16.6. The molecule has 0 bridgehead atoms. The van der Waals surface area contributed by atoms with E-state index in [2.05, 4.69) is 69.4 Å². The highest BCUT2D eigenvalue weighted by Gasteiger charge is 2.30. The fourth-order valence-corrected chi connectivity index (χ4v) is 5.04. The fraction of sp³-hybridized carbons (Fsp3) is 0.548. The Hall–Kier alpha value is -2.62. The highest BCUT2D eigenvalue weighted by Crippen LogP contribution is 2.23. The molecule has 2 aromatic rings. The van der Waals surface area contributed by atoms with Crippen molar-refractivity contribution in [3.8, 4) is 0 Å². The molecule has 2 amide bonds. The molecule has 1 N–H and O–H groups in total. The number of hydrogen-bond acceptors (Lipinski definition) is 2. The van der Waals surface area contributed by atoms with Crippen molar-refractivity contribution >= 4 is 11.8 Å². The fourth-order valence-electron chi connectivity index (χ4n) is 5.04. The molecule has 0 heterocycles. The Morgan fingerprint density at radius 2 is 1.69 bits per heavy atom. The second-order valence-electron chi connectivity index (χ2n) is 11.2. The van der Waals surface area contributed by atoms with E-state index in [0.29, 0.717) is 25.8 Å². The quantitative estimate of drug-likeness (QED) is 0.450. The molecule has 1 aliphatic rings. The van der Waals surface area contributed by atoms with Crippen molar-refractivity contribution in [1.29, 1.82) is 0 Å². The van der Waals surface area contributed by atoms with Gasteiger partial charge in [0.15, 0.2) is 0 Å². The van der Waals surface area contributed by atoms with Crippen molar-refractivity contribution in [1.82, 2.24) is 10.2 Å². The van der Waals surface area contributed by atoms with E-state index in [9.17, 15) is 9.59 Å². The molecule has 1 unspecified atom stereocenters. The van der Waals surface area contributed by atoms with E-state index in [0.717, 1.165) is 29.5 Å². The predicted molar refractivity (Wildman–Crippen MR) is 144 cm³/mol.